The zero-order valence-corrected chi connectivity index (χ0v) is 16.9. The summed E-state index contributed by atoms with van der Waals surface area (Å²) in [6.45, 7) is 3.20. The molecule has 2 aromatic carbocycles. The molecule has 30 heavy (non-hydrogen) atoms. The van der Waals surface area contributed by atoms with Crippen LogP contribution in [0.4, 0.5) is 13.2 Å². The Morgan fingerprint density at radius 2 is 1.63 bits per heavy atom. The standard InChI is InChI=1S/C22H20F3N3OS/c23-22(24,25)18-8-6-17(7-9-18)21(29)28-12-10-27(11-13-28)14-20-26-19(15-30-20)16-4-2-1-3-5-16/h1-9,15H,10-14H2. The first-order chi connectivity index (χ1) is 14.4. The normalized spacial score (nSPS) is 15.4. The first kappa shape index (κ1) is 20.6. The molecule has 1 fully saturated rings. The van der Waals surface area contributed by atoms with Crippen LogP contribution in [0.3, 0.4) is 0 Å². The summed E-state index contributed by atoms with van der Waals surface area (Å²) in [5, 5.41) is 3.08. The summed E-state index contributed by atoms with van der Waals surface area (Å²) in [6, 6.07) is 14.4. The average Bonchev–Trinajstić information content (AvgIpc) is 3.22. The summed E-state index contributed by atoms with van der Waals surface area (Å²) in [7, 11) is 0. The summed E-state index contributed by atoms with van der Waals surface area (Å²) >= 11 is 1.62. The van der Waals surface area contributed by atoms with E-state index in [1.165, 1.54) is 12.1 Å². The second-order valence-electron chi connectivity index (χ2n) is 7.14. The Kier molecular flexibility index (Phi) is 5.87. The minimum absolute atomic E-state index is 0.232. The van der Waals surface area contributed by atoms with Crippen LogP contribution in [0.25, 0.3) is 11.3 Å². The van der Waals surface area contributed by atoms with Crippen LogP contribution in [0.2, 0.25) is 0 Å². The van der Waals surface area contributed by atoms with Crippen molar-refractivity contribution in [2.45, 2.75) is 12.7 Å². The van der Waals surface area contributed by atoms with E-state index in [4.69, 9.17) is 4.98 Å². The topological polar surface area (TPSA) is 36.4 Å². The number of piperazine rings is 1. The fourth-order valence-electron chi connectivity index (χ4n) is 3.41. The zero-order valence-electron chi connectivity index (χ0n) is 16.1. The lowest BCUT2D eigenvalue weighted by Crippen LogP contribution is -2.48. The lowest BCUT2D eigenvalue weighted by molar-refractivity contribution is -0.137. The number of alkyl halides is 3. The molecule has 0 radical (unpaired) electrons. The molecule has 0 spiro atoms. The van der Waals surface area contributed by atoms with Crippen LogP contribution in [0.5, 0.6) is 0 Å². The second-order valence-corrected chi connectivity index (χ2v) is 8.08. The molecule has 8 heteroatoms. The molecule has 156 valence electrons. The van der Waals surface area contributed by atoms with E-state index in [-0.39, 0.29) is 11.5 Å². The summed E-state index contributed by atoms with van der Waals surface area (Å²) in [6.07, 6.45) is -4.40. The summed E-state index contributed by atoms with van der Waals surface area (Å²) < 4.78 is 38.1. The molecule has 0 N–H and O–H groups in total. The number of aromatic nitrogens is 1. The molecular weight excluding hydrogens is 411 g/mol. The van der Waals surface area contributed by atoms with E-state index in [0.29, 0.717) is 26.2 Å². The minimum Gasteiger partial charge on any atom is -0.336 e. The molecule has 0 aliphatic carbocycles. The maximum atomic E-state index is 12.7. The Balaban J connectivity index is 1.32. The third-order valence-electron chi connectivity index (χ3n) is 5.10. The third kappa shape index (κ3) is 4.71. The van der Waals surface area contributed by atoms with Crippen LogP contribution in [0.15, 0.2) is 60.0 Å². The number of nitrogens with zero attached hydrogens (tertiary/aromatic N) is 3. The van der Waals surface area contributed by atoms with Crippen LogP contribution in [-0.2, 0) is 12.7 Å². The number of carbonyl (C=O) groups is 1. The van der Waals surface area contributed by atoms with Gasteiger partial charge in [-0.1, -0.05) is 30.3 Å². The van der Waals surface area contributed by atoms with Gasteiger partial charge in [-0.15, -0.1) is 11.3 Å². The summed E-state index contributed by atoms with van der Waals surface area (Å²) in [5.74, 6) is -0.232. The Morgan fingerprint density at radius 3 is 2.27 bits per heavy atom. The quantitative estimate of drug-likeness (QED) is 0.596. The van der Waals surface area contributed by atoms with Gasteiger partial charge in [-0.2, -0.15) is 13.2 Å². The van der Waals surface area contributed by atoms with Crippen molar-refractivity contribution in [3.8, 4) is 11.3 Å². The highest BCUT2D eigenvalue weighted by Gasteiger charge is 2.30. The molecule has 2 heterocycles. The van der Waals surface area contributed by atoms with Gasteiger partial charge in [-0.25, -0.2) is 4.98 Å². The molecule has 1 aliphatic rings. The predicted molar refractivity (Wildman–Crippen MR) is 110 cm³/mol. The van der Waals surface area contributed by atoms with Crippen molar-refractivity contribution >= 4 is 17.2 Å². The Morgan fingerprint density at radius 1 is 0.967 bits per heavy atom. The van der Waals surface area contributed by atoms with E-state index in [1.807, 2.05) is 30.3 Å². The number of hydrogen-bond acceptors (Lipinski definition) is 4. The number of halogens is 3. The van der Waals surface area contributed by atoms with Gasteiger partial charge < -0.3 is 4.90 Å². The summed E-state index contributed by atoms with van der Waals surface area (Å²) in [5.41, 5.74) is 1.59. The van der Waals surface area contributed by atoms with Gasteiger partial charge in [-0.05, 0) is 24.3 Å². The maximum absolute atomic E-state index is 12.7. The van der Waals surface area contributed by atoms with Gasteiger partial charge in [0.25, 0.3) is 5.91 Å². The Bertz CT molecular complexity index is 994. The first-order valence-electron chi connectivity index (χ1n) is 9.59. The molecule has 0 atom stereocenters. The molecule has 1 aliphatic heterocycles. The number of rotatable bonds is 4. The second kappa shape index (κ2) is 8.57. The highest BCUT2D eigenvalue weighted by molar-refractivity contribution is 7.09. The van der Waals surface area contributed by atoms with Gasteiger partial charge in [0.1, 0.15) is 5.01 Å². The fourth-order valence-corrected chi connectivity index (χ4v) is 4.25. The van der Waals surface area contributed by atoms with Crippen LogP contribution in [-0.4, -0.2) is 46.9 Å². The van der Waals surface area contributed by atoms with Gasteiger partial charge in [0, 0.05) is 42.7 Å². The highest BCUT2D eigenvalue weighted by Crippen LogP contribution is 2.29. The molecule has 4 rings (SSSR count). The average molecular weight is 431 g/mol. The number of amides is 1. The van der Waals surface area contributed by atoms with Crippen LogP contribution < -0.4 is 0 Å². The van der Waals surface area contributed by atoms with E-state index in [9.17, 15) is 18.0 Å². The highest BCUT2D eigenvalue weighted by atomic mass is 32.1. The maximum Gasteiger partial charge on any atom is 0.416 e. The molecule has 1 aromatic heterocycles. The number of carbonyl (C=O) groups excluding carboxylic acids is 1. The van der Waals surface area contributed by atoms with Crippen molar-refractivity contribution in [3.63, 3.8) is 0 Å². The van der Waals surface area contributed by atoms with Crippen LogP contribution in [0.1, 0.15) is 20.9 Å². The zero-order chi connectivity index (χ0) is 21.1. The Hall–Kier alpha value is -2.71. The lowest BCUT2D eigenvalue weighted by Gasteiger charge is -2.34. The van der Waals surface area contributed by atoms with Gasteiger partial charge >= 0.3 is 6.18 Å². The smallest absolute Gasteiger partial charge is 0.336 e. The van der Waals surface area contributed by atoms with E-state index in [0.717, 1.165) is 34.9 Å². The van der Waals surface area contributed by atoms with E-state index >= 15 is 0 Å². The molecule has 1 amide bonds. The van der Waals surface area contributed by atoms with Crippen molar-refractivity contribution in [2.24, 2.45) is 0 Å². The first-order valence-corrected chi connectivity index (χ1v) is 10.5. The number of hydrogen-bond donors (Lipinski definition) is 0. The minimum atomic E-state index is -4.40. The van der Waals surface area contributed by atoms with Crippen molar-refractivity contribution in [1.29, 1.82) is 0 Å². The van der Waals surface area contributed by atoms with Crippen LogP contribution >= 0.6 is 11.3 Å². The van der Waals surface area contributed by atoms with Gasteiger partial charge in [0.05, 0.1) is 17.8 Å². The van der Waals surface area contributed by atoms with Crippen molar-refractivity contribution in [1.82, 2.24) is 14.8 Å². The molecule has 0 unspecified atom stereocenters. The van der Waals surface area contributed by atoms with Crippen molar-refractivity contribution < 1.29 is 18.0 Å². The largest absolute Gasteiger partial charge is 0.416 e. The SMILES string of the molecule is O=C(c1ccc(C(F)(F)F)cc1)N1CCN(Cc2nc(-c3ccccc3)cs2)CC1. The monoisotopic (exact) mass is 431 g/mol. The van der Waals surface area contributed by atoms with E-state index < -0.39 is 11.7 Å². The molecule has 0 bridgehead atoms. The lowest BCUT2D eigenvalue weighted by atomic mass is 10.1. The molecule has 0 saturated carbocycles. The molecule has 1 saturated heterocycles. The molecule has 3 aromatic rings. The third-order valence-corrected chi connectivity index (χ3v) is 5.93. The van der Waals surface area contributed by atoms with Gasteiger partial charge in [-0.3, -0.25) is 9.69 Å². The van der Waals surface area contributed by atoms with Crippen molar-refractivity contribution in [2.75, 3.05) is 26.2 Å². The molecular formula is C22H20F3N3OS. The van der Waals surface area contributed by atoms with E-state index in [2.05, 4.69) is 10.3 Å². The van der Waals surface area contributed by atoms with Gasteiger partial charge in [0.15, 0.2) is 0 Å². The number of thiazole rings is 1. The molecule has 4 nitrogen and oxygen atoms in total. The van der Waals surface area contributed by atoms with Crippen molar-refractivity contribution in [3.05, 3.63) is 76.1 Å². The number of benzene rings is 2. The predicted octanol–water partition coefficient (Wildman–Crippen LogP) is 4.79. The fraction of sp³-hybridized carbons (Fsp3) is 0.273. The van der Waals surface area contributed by atoms with Gasteiger partial charge in [0.2, 0.25) is 0 Å². The Labute approximate surface area is 176 Å². The van der Waals surface area contributed by atoms with Crippen LogP contribution in [0, 0.1) is 0 Å². The van der Waals surface area contributed by atoms with E-state index in [1.54, 1.807) is 16.2 Å². The summed E-state index contributed by atoms with van der Waals surface area (Å²) in [4.78, 5) is 21.2.